The molecule has 1 aromatic rings. The van der Waals surface area contributed by atoms with Crippen LogP contribution in [0.4, 0.5) is 0 Å². The van der Waals surface area contributed by atoms with Crippen LogP contribution in [0.5, 0.6) is 0 Å². The second-order valence-electron chi connectivity index (χ2n) is 5.76. The lowest BCUT2D eigenvalue weighted by Gasteiger charge is -2.19. The van der Waals surface area contributed by atoms with Gasteiger partial charge in [0.2, 0.25) is 0 Å². The first kappa shape index (κ1) is 9.41. The molecule has 2 aliphatic rings. The molecular weight excluding hydrogens is 182 g/mol. The van der Waals surface area contributed by atoms with Gasteiger partial charge in [-0.3, -0.25) is 0 Å². The van der Waals surface area contributed by atoms with Crippen LogP contribution in [0.1, 0.15) is 55.0 Å². The fraction of sp³-hybridized carbons (Fsp3) is 0.571. The maximum atomic E-state index is 6.22. The van der Waals surface area contributed by atoms with E-state index >= 15 is 0 Å². The monoisotopic (exact) mass is 201 g/mol. The molecule has 15 heavy (non-hydrogen) atoms. The van der Waals surface area contributed by atoms with Crippen molar-refractivity contribution in [1.29, 1.82) is 0 Å². The molecule has 0 amide bonds. The lowest BCUT2D eigenvalue weighted by molar-refractivity contribution is 0.481. The van der Waals surface area contributed by atoms with Gasteiger partial charge in [0.25, 0.3) is 0 Å². The quantitative estimate of drug-likeness (QED) is 0.686. The van der Waals surface area contributed by atoms with Crippen molar-refractivity contribution in [3.8, 4) is 0 Å². The SMILES string of the molecule is CC1(C)CC(N)c2cc3c(cc21)CCC3. The third-order valence-electron chi connectivity index (χ3n) is 4.12. The Morgan fingerprint density at radius 3 is 2.60 bits per heavy atom. The summed E-state index contributed by atoms with van der Waals surface area (Å²) < 4.78 is 0. The van der Waals surface area contributed by atoms with Crippen molar-refractivity contribution in [1.82, 2.24) is 0 Å². The second kappa shape index (κ2) is 2.85. The van der Waals surface area contributed by atoms with Gasteiger partial charge in [-0.2, -0.15) is 0 Å². The summed E-state index contributed by atoms with van der Waals surface area (Å²) in [5.41, 5.74) is 12.6. The molecule has 1 unspecified atom stereocenters. The standard InChI is InChI=1S/C14H19N/c1-14(2)8-13(15)11-6-9-4-3-5-10(9)7-12(11)14/h6-7,13H,3-5,8,15H2,1-2H3. The molecular formula is C14H19N. The van der Waals surface area contributed by atoms with Gasteiger partial charge in [0.15, 0.2) is 0 Å². The molecule has 2 N–H and O–H groups in total. The summed E-state index contributed by atoms with van der Waals surface area (Å²) >= 11 is 0. The molecule has 1 nitrogen and oxygen atoms in total. The zero-order chi connectivity index (χ0) is 10.6. The van der Waals surface area contributed by atoms with Crippen LogP contribution in [-0.2, 0) is 18.3 Å². The molecule has 0 aliphatic heterocycles. The minimum atomic E-state index is 0.265. The number of aryl methyl sites for hydroxylation is 2. The van der Waals surface area contributed by atoms with E-state index < -0.39 is 0 Å². The summed E-state index contributed by atoms with van der Waals surface area (Å²) in [5.74, 6) is 0. The summed E-state index contributed by atoms with van der Waals surface area (Å²) in [6, 6.07) is 5.09. The van der Waals surface area contributed by atoms with E-state index in [0.717, 1.165) is 6.42 Å². The van der Waals surface area contributed by atoms with E-state index in [2.05, 4.69) is 26.0 Å². The zero-order valence-electron chi connectivity index (χ0n) is 9.64. The topological polar surface area (TPSA) is 26.0 Å². The van der Waals surface area contributed by atoms with E-state index in [1.165, 1.54) is 30.4 Å². The predicted octanol–water partition coefficient (Wildman–Crippen LogP) is 2.86. The zero-order valence-corrected chi connectivity index (χ0v) is 9.64. The van der Waals surface area contributed by atoms with E-state index in [4.69, 9.17) is 5.73 Å². The average molecular weight is 201 g/mol. The molecule has 0 bridgehead atoms. The van der Waals surface area contributed by atoms with Gasteiger partial charge in [-0.1, -0.05) is 26.0 Å². The summed E-state index contributed by atoms with van der Waals surface area (Å²) in [7, 11) is 0. The maximum absolute atomic E-state index is 6.22. The Bertz CT molecular complexity index is 418. The molecule has 0 saturated carbocycles. The van der Waals surface area contributed by atoms with Crippen LogP contribution in [0.2, 0.25) is 0 Å². The highest BCUT2D eigenvalue weighted by atomic mass is 14.7. The molecule has 1 atom stereocenters. The van der Waals surface area contributed by atoms with E-state index in [1.807, 2.05) is 0 Å². The van der Waals surface area contributed by atoms with Crippen LogP contribution >= 0.6 is 0 Å². The number of hydrogen-bond acceptors (Lipinski definition) is 1. The van der Waals surface area contributed by atoms with Crippen molar-refractivity contribution in [2.75, 3.05) is 0 Å². The smallest absolute Gasteiger partial charge is 0.0306 e. The van der Waals surface area contributed by atoms with Gasteiger partial charge >= 0.3 is 0 Å². The van der Waals surface area contributed by atoms with Crippen LogP contribution < -0.4 is 5.73 Å². The number of benzene rings is 1. The largest absolute Gasteiger partial charge is 0.324 e. The van der Waals surface area contributed by atoms with Crippen molar-refractivity contribution < 1.29 is 0 Å². The van der Waals surface area contributed by atoms with E-state index in [0.29, 0.717) is 0 Å². The Kier molecular flexibility index (Phi) is 1.79. The van der Waals surface area contributed by atoms with Crippen molar-refractivity contribution in [2.24, 2.45) is 5.73 Å². The van der Waals surface area contributed by atoms with Gasteiger partial charge < -0.3 is 5.73 Å². The van der Waals surface area contributed by atoms with Crippen LogP contribution in [0.3, 0.4) is 0 Å². The molecule has 0 aromatic heterocycles. The Morgan fingerprint density at radius 2 is 1.87 bits per heavy atom. The Balaban J connectivity index is 2.20. The molecule has 2 aliphatic carbocycles. The average Bonchev–Trinajstić information content (AvgIpc) is 2.68. The highest BCUT2D eigenvalue weighted by Crippen LogP contribution is 2.45. The van der Waals surface area contributed by atoms with Gasteiger partial charge in [-0.05, 0) is 53.4 Å². The molecule has 0 heterocycles. The fourth-order valence-corrected chi connectivity index (χ4v) is 3.31. The number of rotatable bonds is 0. The molecule has 3 rings (SSSR count). The van der Waals surface area contributed by atoms with Crippen molar-refractivity contribution >= 4 is 0 Å². The van der Waals surface area contributed by atoms with E-state index in [-0.39, 0.29) is 11.5 Å². The van der Waals surface area contributed by atoms with Gasteiger partial charge in [0.1, 0.15) is 0 Å². The molecule has 0 saturated heterocycles. The maximum Gasteiger partial charge on any atom is 0.0306 e. The summed E-state index contributed by atoms with van der Waals surface area (Å²) in [6.07, 6.45) is 4.96. The molecule has 80 valence electrons. The number of fused-ring (bicyclic) bond motifs is 2. The van der Waals surface area contributed by atoms with Gasteiger partial charge in [-0.25, -0.2) is 0 Å². The molecule has 0 radical (unpaired) electrons. The van der Waals surface area contributed by atoms with Crippen LogP contribution in [0.25, 0.3) is 0 Å². The molecule has 1 aromatic carbocycles. The highest BCUT2D eigenvalue weighted by molar-refractivity contribution is 5.48. The summed E-state index contributed by atoms with van der Waals surface area (Å²) in [4.78, 5) is 0. The third kappa shape index (κ3) is 1.26. The molecule has 1 heteroatoms. The van der Waals surface area contributed by atoms with Crippen LogP contribution in [0.15, 0.2) is 12.1 Å². The van der Waals surface area contributed by atoms with Crippen LogP contribution in [-0.4, -0.2) is 0 Å². The first-order valence-corrected chi connectivity index (χ1v) is 6.00. The molecule has 0 spiro atoms. The minimum absolute atomic E-state index is 0.265. The second-order valence-corrected chi connectivity index (χ2v) is 5.76. The van der Waals surface area contributed by atoms with Crippen LogP contribution in [0, 0.1) is 0 Å². The predicted molar refractivity (Wildman–Crippen MR) is 63.0 cm³/mol. The first-order chi connectivity index (χ1) is 7.08. The lowest BCUT2D eigenvalue weighted by atomic mass is 9.85. The summed E-state index contributed by atoms with van der Waals surface area (Å²) in [5, 5.41) is 0. The van der Waals surface area contributed by atoms with Gasteiger partial charge in [0.05, 0.1) is 0 Å². The van der Waals surface area contributed by atoms with Crippen molar-refractivity contribution in [3.63, 3.8) is 0 Å². The number of nitrogens with two attached hydrogens (primary N) is 1. The van der Waals surface area contributed by atoms with Gasteiger partial charge in [0, 0.05) is 6.04 Å². The number of hydrogen-bond donors (Lipinski definition) is 1. The lowest BCUT2D eigenvalue weighted by Crippen LogP contribution is -2.14. The van der Waals surface area contributed by atoms with Gasteiger partial charge in [-0.15, -0.1) is 0 Å². The molecule has 0 fully saturated rings. The Hall–Kier alpha value is -0.820. The van der Waals surface area contributed by atoms with E-state index in [1.54, 1.807) is 11.1 Å². The van der Waals surface area contributed by atoms with Crippen molar-refractivity contribution in [2.45, 2.75) is 51.0 Å². The summed E-state index contributed by atoms with van der Waals surface area (Å²) in [6.45, 7) is 4.64. The minimum Gasteiger partial charge on any atom is -0.324 e. The first-order valence-electron chi connectivity index (χ1n) is 6.00. The van der Waals surface area contributed by atoms with E-state index in [9.17, 15) is 0 Å². The Morgan fingerprint density at radius 1 is 1.20 bits per heavy atom. The van der Waals surface area contributed by atoms with Crippen molar-refractivity contribution in [3.05, 3.63) is 34.4 Å². The normalized spacial score (nSPS) is 26.5. The Labute approximate surface area is 91.7 Å². The highest BCUT2D eigenvalue weighted by Gasteiger charge is 2.36. The third-order valence-corrected chi connectivity index (χ3v) is 4.12. The fourth-order valence-electron chi connectivity index (χ4n) is 3.31.